The highest BCUT2D eigenvalue weighted by atomic mass is 79.9. The minimum atomic E-state index is 0.0813. The van der Waals surface area contributed by atoms with E-state index in [1.165, 1.54) is 25.2 Å². The highest BCUT2D eigenvalue weighted by Crippen LogP contribution is 2.25. The standard InChI is InChI=1S/C14H21BrN2O/c1-16-6-5-11(8-16)9-17(2)13-4-3-12(10-18)14(15)7-13/h3-4,7,11,18H,5-6,8-10H2,1-2H3. The second-order valence-electron chi connectivity index (χ2n) is 5.23. The Bertz CT molecular complexity index is 411. The van der Waals surface area contributed by atoms with Crippen LogP contribution in [-0.2, 0) is 6.61 Å². The maximum atomic E-state index is 9.16. The Morgan fingerprint density at radius 1 is 1.50 bits per heavy atom. The van der Waals surface area contributed by atoms with E-state index in [-0.39, 0.29) is 6.61 Å². The van der Waals surface area contributed by atoms with Gasteiger partial charge in [0.2, 0.25) is 0 Å². The van der Waals surface area contributed by atoms with E-state index in [9.17, 15) is 0 Å². The topological polar surface area (TPSA) is 26.7 Å². The Kier molecular flexibility index (Phi) is 4.65. The zero-order valence-electron chi connectivity index (χ0n) is 11.1. The van der Waals surface area contributed by atoms with E-state index in [1.54, 1.807) is 0 Å². The lowest BCUT2D eigenvalue weighted by Crippen LogP contribution is -2.27. The molecule has 0 aromatic heterocycles. The first-order valence-corrected chi connectivity index (χ1v) is 7.18. The van der Waals surface area contributed by atoms with Crippen molar-refractivity contribution in [2.24, 2.45) is 5.92 Å². The summed E-state index contributed by atoms with van der Waals surface area (Å²) < 4.78 is 0.984. The number of nitrogens with zero attached hydrogens (tertiary/aromatic N) is 2. The number of aliphatic hydroxyl groups is 1. The van der Waals surface area contributed by atoms with Gasteiger partial charge in [-0.3, -0.25) is 0 Å². The quantitative estimate of drug-likeness (QED) is 0.924. The molecule has 1 aromatic rings. The first-order valence-electron chi connectivity index (χ1n) is 6.39. The van der Waals surface area contributed by atoms with E-state index in [0.29, 0.717) is 0 Å². The second-order valence-corrected chi connectivity index (χ2v) is 6.09. The zero-order chi connectivity index (χ0) is 13.1. The molecule has 2 rings (SSSR count). The SMILES string of the molecule is CN1CCC(CN(C)c2ccc(CO)c(Br)c2)C1. The van der Waals surface area contributed by atoms with Crippen LogP contribution in [0.1, 0.15) is 12.0 Å². The smallest absolute Gasteiger partial charge is 0.0692 e. The summed E-state index contributed by atoms with van der Waals surface area (Å²) >= 11 is 3.50. The van der Waals surface area contributed by atoms with Crippen LogP contribution >= 0.6 is 15.9 Å². The van der Waals surface area contributed by atoms with Gasteiger partial charge in [-0.25, -0.2) is 0 Å². The Morgan fingerprint density at radius 2 is 2.28 bits per heavy atom. The summed E-state index contributed by atoms with van der Waals surface area (Å²) in [5.74, 6) is 0.760. The normalized spacial score (nSPS) is 20.3. The van der Waals surface area contributed by atoms with Crippen molar-refractivity contribution >= 4 is 21.6 Å². The molecule has 100 valence electrons. The largest absolute Gasteiger partial charge is 0.392 e. The molecule has 1 atom stereocenters. The fourth-order valence-corrected chi connectivity index (χ4v) is 3.06. The Balaban J connectivity index is 2.00. The number of benzene rings is 1. The zero-order valence-corrected chi connectivity index (χ0v) is 12.7. The first-order chi connectivity index (χ1) is 8.60. The lowest BCUT2D eigenvalue weighted by atomic mass is 10.1. The molecule has 1 fully saturated rings. The van der Waals surface area contributed by atoms with Gasteiger partial charge in [0, 0.05) is 30.3 Å². The highest BCUT2D eigenvalue weighted by molar-refractivity contribution is 9.10. The van der Waals surface area contributed by atoms with Crippen LogP contribution in [-0.4, -0.2) is 43.7 Å². The molecule has 1 N–H and O–H groups in total. The lowest BCUT2D eigenvalue weighted by Gasteiger charge is -2.23. The summed E-state index contributed by atoms with van der Waals surface area (Å²) in [5, 5.41) is 9.16. The molecule has 0 spiro atoms. The molecule has 0 radical (unpaired) electrons. The summed E-state index contributed by atoms with van der Waals surface area (Å²) in [6, 6.07) is 6.15. The van der Waals surface area contributed by atoms with E-state index in [4.69, 9.17) is 5.11 Å². The molecular formula is C14H21BrN2O. The van der Waals surface area contributed by atoms with E-state index >= 15 is 0 Å². The van der Waals surface area contributed by atoms with Crippen molar-refractivity contribution in [3.05, 3.63) is 28.2 Å². The van der Waals surface area contributed by atoms with E-state index in [1.807, 2.05) is 6.07 Å². The molecule has 1 saturated heterocycles. The summed E-state index contributed by atoms with van der Waals surface area (Å²) in [7, 11) is 4.32. The van der Waals surface area contributed by atoms with Crippen molar-refractivity contribution in [2.45, 2.75) is 13.0 Å². The van der Waals surface area contributed by atoms with Crippen LogP contribution in [0.25, 0.3) is 0 Å². The average Bonchev–Trinajstić information content (AvgIpc) is 2.74. The van der Waals surface area contributed by atoms with E-state index in [2.05, 4.69) is 52.0 Å². The number of rotatable bonds is 4. The molecule has 0 saturated carbocycles. The maximum Gasteiger partial charge on any atom is 0.0692 e. The number of aliphatic hydroxyl groups excluding tert-OH is 1. The Hall–Kier alpha value is -0.580. The highest BCUT2D eigenvalue weighted by Gasteiger charge is 2.20. The fourth-order valence-electron chi connectivity index (χ4n) is 2.57. The second kappa shape index (κ2) is 6.04. The van der Waals surface area contributed by atoms with Crippen molar-refractivity contribution in [3.8, 4) is 0 Å². The van der Waals surface area contributed by atoms with Gasteiger partial charge in [0.1, 0.15) is 0 Å². The first kappa shape index (κ1) is 13.8. The van der Waals surface area contributed by atoms with E-state index < -0.39 is 0 Å². The van der Waals surface area contributed by atoms with E-state index in [0.717, 1.165) is 22.5 Å². The van der Waals surface area contributed by atoms with Crippen LogP contribution in [0.4, 0.5) is 5.69 Å². The molecule has 0 bridgehead atoms. The molecule has 18 heavy (non-hydrogen) atoms. The van der Waals surface area contributed by atoms with Gasteiger partial charge in [0.25, 0.3) is 0 Å². The minimum Gasteiger partial charge on any atom is -0.392 e. The molecule has 0 amide bonds. The van der Waals surface area contributed by atoms with Gasteiger partial charge >= 0.3 is 0 Å². The van der Waals surface area contributed by atoms with Gasteiger partial charge in [-0.2, -0.15) is 0 Å². The van der Waals surface area contributed by atoms with Crippen molar-refractivity contribution in [3.63, 3.8) is 0 Å². The number of halogens is 1. The molecule has 0 aliphatic carbocycles. The number of anilines is 1. The van der Waals surface area contributed by atoms with Crippen LogP contribution in [0.15, 0.2) is 22.7 Å². The van der Waals surface area contributed by atoms with Crippen molar-refractivity contribution in [1.29, 1.82) is 0 Å². The molecule has 3 nitrogen and oxygen atoms in total. The predicted molar refractivity (Wildman–Crippen MR) is 78.9 cm³/mol. The van der Waals surface area contributed by atoms with Gasteiger partial charge in [0.05, 0.1) is 6.61 Å². The van der Waals surface area contributed by atoms with Gasteiger partial charge < -0.3 is 14.9 Å². The molecular weight excluding hydrogens is 292 g/mol. The monoisotopic (exact) mass is 312 g/mol. The molecule has 4 heteroatoms. The lowest BCUT2D eigenvalue weighted by molar-refractivity contribution is 0.281. The van der Waals surface area contributed by atoms with Gasteiger partial charge in [0.15, 0.2) is 0 Å². The third-order valence-corrected chi connectivity index (χ3v) is 4.41. The molecule has 1 aromatic carbocycles. The van der Waals surface area contributed by atoms with Crippen LogP contribution in [0.2, 0.25) is 0 Å². The summed E-state index contributed by atoms with van der Waals surface area (Å²) in [4.78, 5) is 4.69. The van der Waals surface area contributed by atoms with Crippen LogP contribution in [0.5, 0.6) is 0 Å². The van der Waals surface area contributed by atoms with Crippen molar-refractivity contribution in [2.75, 3.05) is 38.6 Å². The summed E-state index contributed by atoms with van der Waals surface area (Å²) in [6.07, 6.45) is 1.29. The molecule has 1 aliphatic rings. The molecule has 1 unspecified atom stereocenters. The van der Waals surface area contributed by atoms with Crippen LogP contribution < -0.4 is 4.90 Å². The van der Waals surface area contributed by atoms with Crippen molar-refractivity contribution < 1.29 is 5.11 Å². The van der Waals surface area contributed by atoms with Gasteiger partial charge in [-0.15, -0.1) is 0 Å². The Labute approximate surface area is 118 Å². The minimum absolute atomic E-state index is 0.0813. The predicted octanol–water partition coefficient (Wildman–Crippen LogP) is 2.33. The number of hydrogen-bond donors (Lipinski definition) is 1. The third kappa shape index (κ3) is 3.25. The fraction of sp³-hybridized carbons (Fsp3) is 0.571. The maximum absolute atomic E-state index is 9.16. The summed E-state index contributed by atoms with van der Waals surface area (Å²) in [5.41, 5.74) is 2.14. The summed E-state index contributed by atoms with van der Waals surface area (Å²) in [6.45, 7) is 3.58. The average molecular weight is 313 g/mol. The molecule has 1 aliphatic heterocycles. The van der Waals surface area contributed by atoms with Crippen molar-refractivity contribution in [1.82, 2.24) is 4.90 Å². The van der Waals surface area contributed by atoms with Crippen LogP contribution in [0, 0.1) is 5.92 Å². The van der Waals surface area contributed by atoms with Crippen LogP contribution in [0.3, 0.4) is 0 Å². The Morgan fingerprint density at radius 3 is 2.83 bits per heavy atom. The van der Waals surface area contributed by atoms with Gasteiger partial charge in [-0.05, 0) is 43.6 Å². The third-order valence-electron chi connectivity index (χ3n) is 3.67. The van der Waals surface area contributed by atoms with Gasteiger partial charge in [-0.1, -0.05) is 22.0 Å². The number of likely N-dealkylation sites (tertiary alicyclic amines) is 1. The molecule has 1 heterocycles. The number of hydrogen-bond acceptors (Lipinski definition) is 3.